The maximum atomic E-state index is 10.4. The molecule has 3 atom stereocenters. The molecule has 134 valence electrons. The van der Waals surface area contributed by atoms with Crippen LogP contribution in [0.3, 0.4) is 0 Å². The van der Waals surface area contributed by atoms with Crippen LogP contribution in [0.1, 0.15) is 43.9 Å². The first-order valence-electron chi connectivity index (χ1n) is 9.24. The van der Waals surface area contributed by atoms with Crippen LogP contribution in [0.4, 0.5) is 0 Å². The molecule has 1 saturated heterocycles. The number of nitrogens with zero attached hydrogens (tertiary/aromatic N) is 1. The van der Waals surface area contributed by atoms with Gasteiger partial charge in [-0.2, -0.15) is 0 Å². The van der Waals surface area contributed by atoms with Gasteiger partial charge in [0.1, 0.15) is 5.75 Å². The van der Waals surface area contributed by atoms with E-state index in [0.29, 0.717) is 11.7 Å². The number of hydrogen-bond donors (Lipinski definition) is 2. The number of hydrogen-bond acceptors (Lipinski definition) is 3. The molecule has 1 fully saturated rings. The zero-order valence-electron chi connectivity index (χ0n) is 15.2. The highest BCUT2D eigenvalue weighted by atomic mass is 16.3. The number of rotatable bonds is 5. The first kappa shape index (κ1) is 18.0. The summed E-state index contributed by atoms with van der Waals surface area (Å²) >= 11 is 0. The molecular weight excluding hydrogens is 310 g/mol. The minimum absolute atomic E-state index is 0.0906. The first-order valence-corrected chi connectivity index (χ1v) is 9.24. The number of phenolic OH excluding ortho intramolecular Hbond substituents is 1. The zero-order valence-corrected chi connectivity index (χ0v) is 15.2. The van der Waals surface area contributed by atoms with E-state index in [1.54, 1.807) is 6.07 Å². The van der Waals surface area contributed by atoms with E-state index >= 15 is 0 Å². The molecule has 0 bridgehead atoms. The molecule has 3 heteroatoms. The van der Waals surface area contributed by atoms with Gasteiger partial charge in [-0.05, 0) is 54.0 Å². The van der Waals surface area contributed by atoms with E-state index < -0.39 is 6.10 Å². The molecule has 0 spiro atoms. The number of likely N-dealkylation sites (tertiary alicyclic amines) is 1. The number of aliphatic hydroxyl groups is 1. The summed E-state index contributed by atoms with van der Waals surface area (Å²) in [6, 6.07) is 17.6. The lowest BCUT2D eigenvalue weighted by Crippen LogP contribution is -2.47. The van der Waals surface area contributed by atoms with Crippen LogP contribution < -0.4 is 0 Å². The van der Waals surface area contributed by atoms with E-state index in [1.807, 2.05) is 42.5 Å². The largest absolute Gasteiger partial charge is 0.508 e. The third-order valence-corrected chi connectivity index (χ3v) is 5.98. The average Bonchev–Trinajstić information content (AvgIpc) is 2.63. The van der Waals surface area contributed by atoms with Gasteiger partial charge in [0.15, 0.2) is 0 Å². The molecule has 3 rings (SSSR count). The fraction of sp³-hybridized carbons (Fsp3) is 0.455. The Labute approximate surface area is 150 Å². The van der Waals surface area contributed by atoms with Crippen LogP contribution in [-0.4, -0.2) is 34.7 Å². The number of benzene rings is 2. The first-order chi connectivity index (χ1) is 12.0. The maximum absolute atomic E-state index is 10.4. The zero-order chi connectivity index (χ0) is 17.9. The molecule has 25 heavy (non-hydrogen) atoms. The number of aromatic hydroxyl groups is 1. The van der Waals surface area contributed by atoms with Crippen molar-refractivity contribution in [1.29, 1.82) is 0 Å². The molecule has 2 aromatic rings. The van der Waals surface area contributed by atoms with Crippen molar-refractivity contribution in [3.8, 4) is 5.75 Å². The molecule has 0 radical (unpaired) electrons. The summed E-state index contributed by atoms with van der Waals surface area (Å²) in [6.45, 7) is 7.56. The lowest BCUT2D eigenvalue weighted by molar-refractivity contribution is 0.0868. The van der Waals surface area contributed by atoms with Gasteiger partial charge in [0.05, 0.1) is 6.10 Å². The summed E-state index contributed by atoms with van der Waals surface area (Å²) in [5.74, 6) is 0.844. The van der Waals surface area contributed by atoms with E-state index in [2.05, 4.69) is 24.8 Å². The molecular formula is C22H29NO2. The Bertz CT molecular complexity index is 687. The molecule has 1 aliphatic heterocycles. The predicted molar refractivity (Wildman–Crippen MR) is 102 cm³/mol. The molecule has 3 nitrogen and oxygen atoms in total. The van der Waals surface area contributed by atoms with E-state index in [0.717, 1.165) is 38.0 Å². The third-order valence-electron chi connectivity index (χ3n) is 5.98. The molecule has 1 heterocycles. The highest BCUT2D eigenvalue weighted by Gasteiger charge is 2.38. The number of phenols is 1. The lowest BCUT2D eigenvalue weighted by Gasteiger charge is -2.45. The molecule has 2 N–H and O–H groups in total. The third kappa shape index (κ3) is 4.05. The van der Waals surface area contributed by atoms with E-state index in [9.17, 15) is 10.2 Å². The van der Waals surface area contributed by atoms with Gasteiger partial charge >= 0.3 is 0 Å². The minimum Gasteiger partial charge on any atom is -0.508 e. The van der Waals surface area contributed by atoms with Crippen molar-refractivity contribution < 1.29 is 10.2 Å². The van der Waals surface area contributed by atoms with Crippen molar-refractivity contribution in [2.24, 2.45) is 5.92 Å². The average molecular weight is 339 g/mol. The van der Waals surface area contributed by atoms with E-state index in [1.165, 1.54) is 5.56 Å². The second-order valence-electron chi connectivity index (χ2n) is 7.63. The summed E-state index contributed by atoms with van der Waals surface area (Å²) < 4.78 is 0. The predicted octanol–water partition coefficient (Wildman–Crippen LogP) is 4.12. The van der Waals surface area contributed by atoms with Crippen LogP contribution in [0.2, 0.25) is 0 Å². The lowest BCUT2D eigenvalue weighted by atomic mass is 9.68. The Kier molecular flexibility index (Phi) is 5.45. The quantitative estimate of drug-likeness (QED) is 0.861. The SMILES string of the molecule is C[C@H]1CN(CC[C@H](O)c2ccccc2)CC[C@@]1(C)c1cccc(O)c1. The second-order valence-corrected chi connectivity index (χ2v) is 7.63. The summed E-state index contributed by atoms with van der Waals surface area (Å²) in [7, 11) is 0. The smallest absolute Gasteiger partial charge is 0.115 e. The fourth-order valence-electron chi connectivity index (χ4n) is 3.96. The van der Waals surface area contributed by atoms with Crippen molar-refractivity contribution in [3.63, 3.8) is 0 Å². The topological polar surface area (TPSA) is 43.7 Å². The summed E-state index contributed by atoms with van der Waals surface area (Å²) in [5.41, 5.74) is 2.31. The van der Waals surface area contributed by atoms with Crippen LogP contribution in [0.5, 0.6) is 5.75 Å². The van der Waals surface area contributed by atoms with Crippen LogP contribution >= 0.6 is 0 Å². The van der Waals surface area contributed by atoms with Gasteiger partial charge in [0, 0.05) is 13.1 Å². The highest BCUT2D eigenvalue weighted by Crippen LogP contribution is 2.40. The van der Waals surface area contributed by atoms with Gasteiger partial charge in [0.2, 0.25) is 0 Å². The molecule has 0 saturated carbocycles. The Morgan fingerprint density at radius 2 is 1.92 bits per heavy atom. The standard InChI is InChI=1S/C22H29NO2/c1-17-16-23(13-11-21(25)18-7-4-3-5-8-18)14-12-22(17,2)19-9-6-10-20(24)15-19/h3-10,15,17,21,24-25H,11-14,16H2,1-2H3/t17-,21-,22+/m0/s1. The van der Waals surface area contributed by atoms with Gasteiger partial charge in [-0.1, -0.05) is 56.3 Å². The normalized spacial score (nSPS) is 25.6. The van der Waals surface area contributed by atoms with Crippen molar-refractivity contribution in [2.45, 2.75) is 38.2 Å². The van der Waals surface area contributed by atoms with E-state index in [4.69, 9.17) is 0 Å². The number of aliphatic hydroxyl groups excluding tert-OH is 1. The van der Waals surface area contributed by atoms with Crippen LogP contribution in [0.25, 0.3) is 0 Å². The van der Waals surface area contributed by atoms with Gasteiger partial charge in [0.25, 0.3) is 0 Å². The van der Waals surface area contributed by atoms with E-state index in [-0.39, 0.29) is 5.41 Å². The van der Waals surface area contributed by atoms with Gasteiger partial charge in [-0.15, -0.1) is 0 Å². The molecule has 0 unspecified atom stereocenters. The Morgan fingerprint density at radius 3 is 2.60 bits per heavy atom. The molecule has 1 aliphatic rings. The number of piperidine rings is 1. The van der Waals surface area contributed by atoms with Crippen molar-refractivity contribution >= 4 is 0 Å². The fourth-order valence-corrected chi connectivity index (χ4v) is 3.96. The molecule has 0 aliphatic carbocycles. The summed E-state index contributed by atoms with van der Waals surface area (Å²) in [4.78, 5) is 2.46. The van der Waals surface area contributed by atoms with Crippen LogP contribution in [-0.2, 0) is 5.41 Å². The van der Waals surface area contributed by atoms with Crippen LogP contribution in [0.15, 0.2) is 54.6 Å². The van der Waals surface area contributed by atoms with Gasteiger partial charge < -0.3 is 15.1 Å². The monoisotopic (exact) mass is 339 g/mol. The second kappa shape index (κ2) is 7.59. The van der Waals surface area contributed by atoms with Gasteiger partial charge in [-0.25, -0.2) is 0 Å². The maximum Gasteiger partial charge on any atom is 0.115 e. The summed E-state index contributed by atoms with van der Waals surface area (Å²) in [6.07, 6.45) is 1.44. The molecule has 0 amide bonds. The minimum atomic E-state index is -0.393. The van der Waals surface area contributed by atoms with Crippen molar-refractivity contribution in [2.75, 3.05) is 19.6 Å². The Hall–Kier alpha value is -1.84. The van der Waals surface area contributed by atoms with Crippen molar-refractivity contribution in [1.82, 2.24) is 4.90 Å². The Morgan fingerprint density at radius 1 is 1.16 bits per heavy atom. The molecule has 2 aromatic carbocycles. The van der Waals surface area contributed by atoms with Crippen LogP contribution in [0, 0.1) is 5.92 Å². The van der Waals surface area contributed by atoms with Gasteiger partial charge in [-0.3, -0.25) is 0 Å². The van der Waals surface area contributed by atoms with Crippen molar-refractivity contribution in [3.05, 3.63) is 65.7 Å². The Balaban J connectivity index is 1.58. The summed E-state index contributed by atoms with van der Waals surface area (Å²) in [5, 5.41) is 20.2. The molecule has 0 aromatic heterocycles. The highest BCUT2D eigenvalue weighted by molar-refractivity contribution is 5.33.